The SMILES string of the molecule is COC(=O)c1cc2cc(Cl)cc(CCNC(=O)OC(C)(C)C)c2nc1OC. The molecule has 0 fully saturated rings. The van der Waals surface area contributed by atoms with Crippen LogP contribution in [0.5, 0.6) is 5.88 Å². The maximum atomic E-state index is 11.9. The Morgan fingerprint density at radius 2 is 1.89 bits per heavy atom. The highest BCUT2D eigenvalue weighted by Crippen LogP contribution is 2.28. The van der Waals surface area contributed by atoms with Gasteiger partial charge in [0.2, 0.25) is 5.88 Å². The molecule has 146 valence electrons. The zero-order chi connectivity index (χ0) is 20.2. The van der Waals surface area contributed by atoms with Crippen LogP contribution in [0.15, 0.2) is 18.2 Å². The molecule has 0 aliphatic carbocycles. The Bertz CT molecular complexity index is 861. The maximum absolute atomic E-state index is 11.9. The van der Waals surface area contributed by atoms with Crippen molar-refractivity contribution >= 4 is 34.6 Å². The number of benzene rings is 1. The molecule has 0 saturated heterocycles. The average Bonchev–Trinajstić information content (AvgIpc) is 2.58. The van der Waals surface area contributed by atoms with Gasteiger partial charge in [-0.25, -0.2) is 14.6 Å². The molecule has 1 aromatic carbocycles. The molecule has 8 heteroatoms. The standard InChI is InChI=1S/C19H23ClN2O5/c1-19(2,3)27-18(24)21-7-6-11-8-13(20)9-12-10-14(17(23)26-5)16(25-4)22-15(11)12/h8-10H,6-7H2,1-5H3,(H,21,24). The van der Waals surface area contributed by atoms with E-state index in [1.807, 2.05) is 0 Å². The normalized spacial score (nSPS) is 11.2. The lowest BCUT2D eigenvalue weighted by molar-refractivity contribution is 0.0527. The molecule has 0 radical (unpaired) electrons. The van der Waals surface area contributed by atoms with Gasteiger partial charge in [-0.1, -0.05) is 11.6 Å². The summed E-state index contributed by atoms with van der Waals surface area (Å²) < 4.78 is 15.2. The second kappa shape index (κ2) is 8.43. The third-order valence-corrected chi connectivity index (χ3v) is 3.81. The van der Waals surface area contributed by atoms with Gasteiger partial charge in [-0.2, -0.15) is 0 Å². The van der Waals surface area contributed by atoms with Crippen LogP contribution in [0.25, 0.3) is 10.9 Å². The number of carbonyl (C=O) groups is 2. The van der Waals surface area contributed by atoms with E-state index in [2.05, 4.69) is 10.3 Å². The summed E-state index contributed by atoms with van der Waals surface area (Å²) in [5.74, 6) is -0.382. The number of hydrogen-bond donors (Lipinski definition) is 1. The van der Waals surface area contributed by atoms with E-state index in [1.165, 1.54) is 14.2 Å². The Balaban J connectivity index is 2.29. The molecule has 0 atom stereocenters. The van der Waals surface area contributed by atoms with Gasteiger partial charge in [0.15, 0.2) is 0 Å². The van der Waals surface area contributed by atoms with Gasteiger partial charge in [0.25, 0.3) is 0 Å². The van der Waals surface area contributed by atoms with Crippen LogP contribution in [-0.2, 0) is 15.9 Å². The van der Waals surface area contributed by atoms with Crippen molar-refractivity contribution < 1.29 is 23.8 Å². The van der Waals surface area contributed by atoms with E-state index in [9.17, 15) is 9.59 Å². The van der Waals surface area contributed by atoms with Gasteiger partial charge in [-0.3, -0.25) is 0 Å². The van der Waals surface area contributed by atoms with E-state index in [1.54, 1.807) is 39.0 Å². The second-order valence-electron chi connectivity index (χ2n) is 6.85. The molecule has 27 heavy (non-hydrogen) atoms. The summed E-state index contributed by atoms with van der Waals surface area (Å²) in [6.45, 7) is 5.73. The molecule has 0 unspecified atom stereocenters. The molecule has 0 bridgehead atoms. The lowest BCUT2D eigenvalue weighted by Gasteiger charge is -2.19. The molecular formula is C19H23ClN2O5. The van der Waals surface area contributed by atoms with Gasteiger partial charge in [-0.05, 0) is 51.0 Å². The first-order valence-corrected chi connectivity index (χ1v) is 8.74. The van der Waals surface area contributed by atoms with E-state index in [0.29, 0.717) is 28.9 Å². The van der Waals surface area contributed by atoms with Crippen LogP contribution in [0.2, 0.25) is 5.02 Å². The van der Waals surface area contributed by atoms with Crippen LogP contribution in [0.1, 0.15) is 36.7 Å². The van der Waals surface area contributed by atoms with E-state index >= 15 is 0 Å². The zero-order valence-electron chi connectivity index (χ0n) is 16.0. The molecule has 0 spiro atoms. The fraction of sp³-hybridized carbons (Fsp3) is 0.421. The van der Waals surface area contributed by atoms with Crippen molar-refractivity contribution in [3.63, 3.8) is 0 Å². The molecule has 1 N–H and O–H groups in total. The summed E-state index contributed by atoms with van der Waals surface area (Å²) in [6.07, 6.45) is -0.0170. The lowest BCUT2D eigenvalue weighted by atomic mass is 10.1. The number of amides is 1. The number of methoxy groups -OCH3 is 2. The predicted molar refractivity (Wildman–Crippen MR) is 103 cm³/mol. The number of nitrogens with one attached hydrogen (secondary N) is 1. The zero-order valence-corrected chi connectivity index (χ0v) is 16.8. The third kappa shape index (κ3) is 5.47. The highest BCUT2D eigenvalue weighted by atomic mass is 35.5. The van der Waals surface area contributed by atoms with E-state index in [4.69, 9.17) is 25.8 Å². The van der Waals surface area contributed by atoms with Crippen LogP contribution in [-0.4, -0.2) is 43.4 Å². The molecule has 1 heterocycles. The molecule has 1 amide bonds. The van der Waals surface area contributed by atoms with Gasteiger partial charge in [0.1, 0.15) is 11.2 Å². The Labute approximate surface area is 162 Å². The minimum absolute atomic E-state index is 0.165. The molecule has 2 aromatic rings. The maximum Gasteiger partial charge on any atom is 0.407 e. The summed E-state index contributed by atoms with van der Waals surface area (Å²) in [6, 6.07) is 5.11. The van der Waals surface area contributed by atoms with Crippen molar-refractivity contribution in [1.29, 1.82) is 0 Å². The first-order valence-electron chi connectivity index (χ1n) is 8.37. The predicted octanol–water partition coefficient (Wildman–Crippen LogP) is 3.75. The Morgan fingerprint density at radius 1 is 1.19 bits per heavy atom. The summed E-state index contributed by atoms with van der Waals surface area (Å²) >= 11 is 6.20. The largest absolute Gasteiger partial charge is 0.480 e. The number of pyridine rings is 1. The number of rotatable bonds is 5. The summed E-state index contributed by atoms with van der Waals surface area (Å²) in [7, 11) is 2.72. The minimum atomic E-state index is -0.563. The number of nitrogens with zero attached hydrogens (tertiary/aromatic N) is 1. The van der Waals surface area contributed by atoms with Gasteiger partial charge in [0.05, 0.1) is 19.7 Å². The van der Waals surface area contributed by atoms with Crippen molar-refractivity contribution in [2.45, 2.75) is 32.8 Å². The van der Waals surface area contributed by atoms with Gasteiger partial charge in [-0.15, -0.1) is 0 Å². The van der Waals surface area contributed by atoms with Crippen molar-refractivity contribution in [3.8, 4) is 5.88 Å². The van der Waals surface area contributed by atoms with Crippen LogP contribution in [0.3, 0.4) is 0 Å². The Hall–Kier alpha value is -2.54. The number of esters is 1. The third-order valence-electron chi connectivity index (χ3n) is 3.59. The molecule has 0 saturated carbocycles. The van der Waals surface area contributed by atoms with Crippen molar-refractivity contribution in [1.82, 2.24) is 10.3 Å². The topological polar surface area (TPSA) is 86.8 Å². The molecule has 2 rings (SSSR count). The Morgan fingerprint density at radius 3 is 2.48 bits per heavy atom. The van der Waals surface area contributed by atoms with E-state index in [-0.39, 0.29) is 11.4 Å². The number of ether oxygens (including phenoxy) is 3. The summed E-state index contributed by atoms with van der Waals surface area (Å²) in [5.41, 5.74) is 1.09. The number of fused-ring (bicyclic) bond motifs is 1. The van der Waals surface area contributed by atoms with Crippen LogP contribution in [0.4, 0.5) is 4.79 Å². The first-order chi connectivity index (χ1) is 12.6. The first kappa shape index (κ1) is 20.8. The lowest BCUT2D eigenvalue weighted by Crippen LogP contribution is -2.33. The second-order valence-corrected chi connectivity index (χ2v) is 7.29. The average molecular weight is 395 g/mol. The van der Waals surface area contributed by atoms with Crippen molar-refractivity contribution in [3.05, 3.63) is 34.3 Å². The fourth-order valence-electron chi connectivity index (χ4n) is 2.52. The monoisotopic (exact) mass is 394 g/mol. The van der Waals surface area contributed by atoms with Gasteiger partial charge >= 0.3 is 12.1 Å². The number of hydrogen-bond acceptors (Lipinski definition) is 6. The number of alkyl carbamates (subject to hydrolysis) is 1. The summed E-state index contributed by atoms with van der Waals surface area (Å²) in [4.78, 5) is 28.2. The molecule has 7 nitrogen and oxygen atoms in total. The quantitative estimate of drug-likeness (QED) is 0.777. The van der Waals surface area contributed by atoms with Crippen molar-refractivity contribution in [2.75, 3.05) is 20.8 Å². The van der Waals surface area contributed by atoms with Gasteiger partial charge in [0, 0.05) is 17.0 Å². The van der Waals surface area contributed by atoms with E-state index in [0.717, 1.165) is 5.56 Å². The minimum Gasteiger partial charge on any atom is -0.480 e. The number of carbonyl (C=O) groups excluding carboxylic acids is 2. The number of aromatic nitrogens is 1. The molecular weight excluding hydrogens is 372 g/mol. The number of halogens is 1. The van der Waals surface area contributed by atoms with Gasteiger partial charge < -0.3 is 19.5 Å². The Kier molecular flexibility index (Phi) is 6.49. The highest BCUT2D eigenvalue weighted by molar-refractivity contribution is 6.31. The highest BCUT2D eigenvalue weighted by Gasteiger charge is 2.18. The van der Waals surface area contributed by atoms with E-state index < -0.39 is 17.7 Å². The molecule has 1 aromatic heterocycles. The smallest absolute Gasteiger partial charge is 0.407 e. The van der Waals surface area contributed by atoms with Crippen LogP contribution in [0, 0.1) is 0 Å². The van der Waals surface area contributed by atoms with Crippen LogP contribution < -0.4 is 10.1 Å². The van der Waals surface area contributed by atoms with Crippen LogP contribution >= 0.6 is 11.6 Å². The summed E-state index contributed by atoms with van der Waals surface area (Å²) in [5, 5.41) is 3.88. The molecule has 0 aliphatic rings. The molecule has 0 aliphatic heterocycles. The van der Waals surface area contributed by atoms with Crippen molar-refractivity contribution in [2.24, 2.45) is 0 Å². The fourth-order valence-corrected chi connectivity index (χ4v) is 2.77.